The highest BCUT2D eigenvalue weighted by atomic mass is 32.2. The number of nitrogens with zero attached hydrogens (tertiary/aromatic N) is 1. The number of β-lactam (4-membered cyclic amide) rings is 1. The Bertz CT molecular complexity index is 1050. The molecule has 1 amide bonds. The molecule has 3 atom stereocenters. The zero-order valence-electron chi connectivity index (χ0n) is 17.9. The number of rotatable bonds is 8. The summed E-state index contributed by atoms with van der Waals surface area (Å²) in [7, 11) is 0.614. The lowest BCUT2D eigenvalue weighted by molar-refractivity contribution is -0.130. The Labute approximate surface area is 186 Å². The highest BCUT2D eigenvalue weighted by Gasteiger charge is 2.48. The van der Waals surface area contributed by atoms with Crippen LogP contribution in [0.5, 0.6) is 5.75 Å². The van der Waals surface area contributed by atoms with Gasteiger partial charge in [-0.3, -0.25) is 9.00 Å². The topological polar surface area (TPSA) is 46.6 Å². The number of aryl methyl sites for hydroxylation is 1. The lowest BCUT2D eigenvalue weighted by Crippen LogP contribution is -2.55. The largest absolute Gasteiger partial charge is 0.497 e. The molecule has 1 heterocycles. The van der Waals surface area contributed by atoms with Gasteiger partial charge in [0.25, 0.3) is 0 Å². The van der Waals surface area contributed by atoms with Crippen LogP contribution >= 0.6 is 0 Å². The van der Waals surface area contributed by atoms with E-state index in [2.05, 4.69) is 24.3 Å². The molecule has 0 saturated carbocycles. The van der Waals surface area contributed by atoms with Crippen molar-refractivity contribution in [1.82, 2.24) is 0 Å². The van der Waals surface area contributed by atoms with E-state index in [-0.39, 0.29) is 17.9 Å². The monoisotopic (exact) mass is 433 g/mol. The van der Waals surface area contributed by atoms with Crippen molar-refractivity contribution < 1.29 is 13.7 Å². The average molecular weight is 434 g/mol. The Morgan fingerprint density at radius 1 is 0.935 bits per heavy atom. The molecule has 0 aromatic heterocycles. The molecule has 0 aliphatic carbocycles. The smallest absolute Gasteiger partial charge is 0.233 e. The van der Waals surface area contributed by atoms with Crippen LogP contribution in [0.15, 0.2) is 83.8 Å². The lowest BCUT2D eigenvalue weighted by atomic mass is 9.78. The van der Waals surface area contributed by atoms with Crippen LogP contribution in [0.25, 0.3) is 0 Å². The number of hydrogen-bond acceptors (Lipinski definition) is 3. The van der Waals surface area contributed by atoms with Crippen LogP contribution in [0.4, 0.5) is 5.69 Å². The van der Waals surface area contributed by atoms with Crippen LogP contribution in [0.1, 0.15) is 30.0 Å². The number of anilines is 1. The molecule has 1 saturated heterocycles. The summed E-state index contributed by atoms with van der Waals surface area (Å²) in [6.07, 6.45) is 4.44. The van der Waals surface area contributed by atoms with Crippen molar-refractivity contribution in [2.75, 3.05) is 18.3 Å². The summed E-state index contributed by atoms with van der Waals surface area (Å²) in [5, 5.41) is 0. The number of ether oxygens (including phenoxy) is 1. The van der Waals surface area contributed by atoms with Gasteiger partial charge >= 0.3 is 0 Å². The molecule has 3 aromatic carbocycles. The van der Waals surface area contributed by atoms with E-state index in [0.29, 0.717) is 0 Å². The van der Waals surface area contributed by atoms with Gasteiger partial charge in [-0.2, -0.15) is 0 Å². The first kappa shape index (κ1) is 21.3. The molecule has 0 radical (unpaired) electrons. The lowest BCUT2D eigenvalue weighted by Gasteiger charge is -2.47. The molecule has 1 unspecified atom stereocenters. The van der Waals surface area contributed by atoms with Crippen LogP contribution in [0.2, 0.25) is 0 Å². The molecule has 1 aliphatic heterocycles. The number of benzene rings is 3. The van der Waals surface area contributed by atoms with E-state index in [1.165, 1.54) is 5.56 Å². The van der Waals surface area contributed by atoms with Gasteiger partial charge in [0.1, 0.15) is 5.75 Å². The number of hydrogen-bond donors (Lipinski definition) is 0. The summed E-state index contributed by atoms with van der Waals surface area (Å²) in [6.45, 7) is 0. The van der Waals surface area contributed by atoms with E-state index in [9.17, 15) is 9.00 Å². The van der Waals surface area contributed by atoms with Crippen molar-refractivity contribution >= 4 is 22.4 Å². The summed E-state index contributed by atoms with van der Waals surface area (Å²) >= 11 is 0. The molecule has 0 N–H and O–H groups in total. The minimum Gasteiger partial charge on any atom is -0.497 e. The highest BCUT2D eigenvalue weighted by Crippen LogP contribution is 2.46. The third-order valence-corrected chi connectivity index (χ3v) is 6.88. The van der Waals surface area contributed by atoms with Gasteiger partial charge in [-0.25, -0.2) is 0 Å². The second-order valence-corrected chi connectivity index (χ2v) is 9.24. The van der Waals surface area contributed by atoms with Gasteiger partial charge in [-0.05, 0) is 66.8 Å². The van der Waals surface area contributed by atoms with E-state index in [0.717, 1.165) is 41.2 Å². The molecule has 0 spiro atoms. The first-order valence-corrected chi connectivity index (χ1v) is 12.1. The van der Waals surface area contributed by atoms with Crippen molar-refractivity contribution in [2.45, 2.75) is 30.2 Å². The van der Waals surface area contributed by atoms with E-state index in [1.54, 1.807) is 13.4 Å². The summed E-state index contributed by atoms with van der Waals surface area (Å²) in [5.41, 5.74) is 3.25. The van der Waals surface area contributed by atoms with Crippen molar-refractivity contribution in [1.29, 1.82) is 0 Å². The van der Waals surface area contributed by atoms with Gasteiger partial charge in [0, 0.05) is 27.6 Å². The second kappa shape index (κ2) is 9.48. The van der Waals surface area contributed by atoms with E-state index >= 15 is 0 Å². The maximum absolute atomic E-state index is 13.2. The molecule has 160 valence electrons. The summed E-state index contributed by atoms with van der Waals surface area (Å²) in [4.78, 5) is 15.8. The van der Waals surface area contributed by atoms with Crippen LogP contribution in [-0.4, -0.2) is 23.5 Å². The standard InChI is InChI=1S/C26H27NO3S/c1-30-22-15-11-20(12-16-22)25-24(10-6-9-19-7-4-3-5-8-19)26(28)27(25)21-13-17-23(18-14-21)31(2)29/h3-5,7-8,11-18,24-25H,6,9-10H2,1-2H3/t24-,25-,31?/m1/s1. The van der Waals surface area contributed by atoms with E-state index in [1.807, 2.05) is 59.5 Å². The average Bonchev–Trinajstić information content (AvgIpc) is 2.81. The Morgan fingerprint density at radius 2 is 1.61 bits per heavy atom. The predicted octanol–water partition coefficient (Wildman–Crippen LogP) is 5.16. The Kier molecular flexibility index (Phi) is 6.52. The Hall–Kier alpha value is -2.92. The van der Waals surface area contributed by atoms with Gasteiger partial charge in [-0.15, -0.1) is 0 Å². The van der Waals surface area contributed by atoms with Crippen LogP contribution in [0, 0.1) is 5.92 Å². The Morgan fingerprint density at radius 3 is 2.23 bits per heavy atom. The minimum atomic E-state index is -1.04. The number of methoxy groups -OCH3 is 1. The van der Waals surface area contributed by atoms with Gasteiger partial charge in [0.15, 0.2) is 0 Å². The van der Waals surface area contributed by atoms with Crippen molar-refractivity contribution in [3.8, 4) is 5.75 Å². The zero-order valence-corrected chi connectivity index (χ0v) is 18.7. The van der Waals surface area contributed by atoms with Gasteiger partial charge < -0.3 is 9.64 Å². The van der Waals surface area contributed by atoms with Crippen molar-refractivity contribution in [3.63, 3.8) is 0 Å². The van der Waals surface area contributed by atoms with Crippen LogP contribution in [-0.2, 0) is 22.0 Å². The van der Waals surface area contributed by atoms with Crippen LogP contribution in [0.3, 0.4) is 0 Å². The molecule has 4 rings (SSSR count). The summed E-state index contributed by atoms with van der Waals surface area (Å²) in [5.74, 6) is 0.910. The summed E-state index contributed by atoms with van der Waals surface area (Å²) in [6, 6.07) is 25.8. The number of carbonyl (C=O) groups is 1. The van der Waals surface area contributed by atoms with Gasteiger partial charge in [0.05, 0.1) is 19.1 Å². The molecular formula is C26H27NO3S. The fraction of sp³-hybridized carbons (Fsp3) is 0.269. The first-order valence-electron chi connectivity index (χ1n) is 10.5. The SMILES string of the molecule is COc1ccc([C@@H]2[C@@H](CCCc3ccccc3)C(=O)N2c2ccc(S(C)=O)cc2)cc1. The maximum Gasteiger partial charge on any atom is 0.233 e. The molecule has 5 heteroatoms. The minimum absolute atomic E-state index is 0.00727. The summed E-state index contributed by atoms with van der Waals surface area (Å²) < 4.78 is 17.0. The van der Waals surface area contributed by atoms with Crippen LogP contribution < -0.4 is 9.64 Å². The Balaban J connectivity index is 1.55. The van der Waals surface area contributed by atoms with Gasteiger partial charge in [0.2, 0.25) is 5.91 Å². The fourth-order valence-electron chi connectivity index (χ4n) is 4.27. The molecule has 1 fully saturated rings. The normalized spacial score (nSPS) is 19.0. The third-order valence-electron chi connectivity index (χ3n) is 5.94. The van der Waals surface area contributed by atoms with Crippen molar-refractivity contribution in [3.05, 3.63) is 90.0 Å². The zero-order chi connectivity index (χ0) is 21.8. The van der Waals surface area contributed by atoms with Crippen molar-refractivity contribution in [2.24, 2.45) is 5.92 Å². The second-order valence-electron chi connectivity index (χ2n) is 7.86. The molecule has 0 bridgehead atoms. The van der Waals surface area contributed by atoms with E-state index in [4.69, 9.17) is 4.74 Å². The highest BCUT2D eigenvalue weighted by molar-refractivity contribution is 7.84. The van der Waals surface area contributed by atoms with Gasteiger partial charge in [-0.1, -0.05) is 42.5 Å². The molecule has 3 aromatic rings. The number of amides is 1. The molecule has 31 heavy (non-hydrogen) atoms. The fourth-order valence-corrected chi connectivity index (χ4v) is 4.79. The first-order chi connectivity index (χ1) is 15.1. The maximum atomic E-state index is 13.2. The quantitative estimate of drug-likeness (QED) is 0.461. The predicted molar refractivity (Wildman–Crippen MR) is 125 cm³/mol. The number of carbonyl (C=O) groups excluding carboxylic acids is 1. The molecular weight excluding hydrogens is 406 g/mol. The molecule has 4 nitrogen and oxygen atoms in total. The van der Waals surface area contributed by atoms with E-state index < -0.39 is 10.8 Å². The third kappa shape index (κ3) is 4.57. The molecule has 1 aliphatic rings.